The zero-order chi connectivity index (χ0) is 22.1. The molecule has 0 radical (unpaired) electrons. The van der Waals surface area contributed by atoms with Gasteiger partial charge >= 0.3 is 18.4 Å². The van der Waals surface area contributed by atoms with Crippen LogP contribution in [0.2, 0.25) is 0 Å². The third-order valence-electron chi connectivity index (χ3n) is 4.00. The number of anilines is 1. The number of carbonyl (C=O) groups excluding carboxylic acids is 1. The van der Waals surface area contributed by atoms with Crippen LogP contribution in [-0.4, -0.2) is 11.2 Å². The molecule has 0 unspecified atom stereocenters. The summed E-state index contributed by atoms with van der Waals surface area (Å²) in [6, 6.07) is 5.99. The number of carbonyl (C=O) groups is 1. The van der Waals surface area contributed by atoms with E-state index in [9.17, 15) is 31.1 Å². The van der Waals surface area contributed by atoms with Crippen molar-refractivity contribution in [2.24, 2.45) is 0 Å². The van der Waals surface area contributed by atoms with Gasteiger partial charge in [0.1, 0.15) is 5.69 Å². The van der Waals surface area contributed by atoms with Gasteiger partial charge in [0.15, 0.2) is 12.0 Å². The van der Waals surface area contributed by atoms with E-state index in [2.05, 4.69) is 15.0 Å². The Kier molecular flexibility index (Phi) is 5.47. The maximum Gasteiger partial charge on any atom is 0.417 e. The molecule has 0 fully saturated rings. The Labute approximate surface area is 165 Å². The minimum Gasteiger partial charge on any atom is -0.405 e. The lowest BCUT2D eigenvalue weighted by Gasteiger charge is -2.16. The highest BCUT2D eigenvalue weighted by molar-refractivity contribution is 5.87. The fourth-order valence-corrected chi connectivity index (χ4v) is 2.56. The Morgan fingerprint density at radius 2 is 1.67 bits per heavy atom. The maximum absolute atomic E-state index is 13.3. The summed E-state index contributed by atoms with van der Waals surface area (Å²) in [7, 11) is 0. The van der Waals surface area contributed by atoms with Crippen LogP contribution in [0.5, 0.6) is 5.75 Å². The van der Waals surface area contributed by atoms with Crippen molar-refractivity contribution in [2.75, 3.05) is 5.32 Å². The van der Waals surface area contributed by atoms with Crippen LogP contribution in [-0.2, 0) is 12.4 Å². The molecule has 0 atom stereocenters. The summed E-state index contributed by atoms with van der Waals surface area (Å²) in [6.07, 6.45) is -9.46. The van der Waals surface area contributed by atoms with Gasteiger partial charge < -0.3 is 9.26 Å². The van der Waals surface area contributed by atoms with Crippen molar-refractivity contribution in [3.8, 4) is 16.9 Å². The average Bonchev–Trinajstić information content (AvgIpc) is 3.05. The Morgan fingerprint density at radius 3 is 2.20 bits per heavy atom. The smallest absolute Gasteiger partial charge is 0.405 e. The lowest BCUT2D eigenvalue weighted by molar-refractivity contribution is -0.141. The van der Waals surface area contributed by atoms with Crippen molar-refractivity contribution in [1.29, 1.82) is 0 Å². The molecule has 3 rings (SSSR count). The summed E-state index contributed by atoms with van der Waals surface area (Å²) in [5.74, 6) is 0.0721. The molecule has 1 aromatic heterocycles. The highest BCUT2D eigenvalue weighted by Crippen LogP contribution is 2.40. The lowest BCUT2D eigenvalue weighted by atomic mass is 9.96. The van der Waals surface area contributed by atoms with Gasteiger partial charge in [-0.2, -0.15) is 26.3 Å². The summed E-state index contributed by atoms with van der Waals surface area (Å²) in [5, 5.41) is 5.86. The Morgan fingerprint density at radius 1 is 1.00 bits per heavy atom. The number of nitrogens with one attached hydrogen (secondary N) is 1. The van der Waals surface area contributed by atoms with Crippen LogP contribution in [0.15, 0.2) is 53.3 Å². The number of ether oxygens (including phenoxy) is 1. The number of rotatable bonds is 3. The Hall–Kier alpha value is -3.50. The summed E-state index contributed by atoms with van der Waals surface area (Å²) < 4.78 is 88.2. The summed E-state index contributed by atoms with van der Waals surface area (Å²) >= 11 is 0. The molecule has 158 valence electrons. The molecule has 0 aliphatic heterocycles. The Bertz CT molecular complexity index is 1060. The van der Waals surface area contributed by atoms with E-state index in [-0.39, 0.29) is 17.0 Å². The number of aryl methyl sites for hydroxylation is 1. The van der Waals surface area contributed by atoms with Crippen LogP contribution in [0.3, 0.4) is 0 Å². The number of amides is 1. The number of halogens is 6. The van der Waals surface area contributed by atoms with Crippen LogP contribution >= 0.6 is 0 Å². The number of nitrogens with zero attached hydrogens (tertiary/aromatic N) is 1. The predicted molar refractivity (Wildman–Crippen MR) is 92.8 cm³/mol. The minimum absolute atomic E-state index is 0.0721. The van der Waals surface area contributed by atoms with Gasteiger partial charge in [-0.3, -0.25) is 5.32 Å². The second kappa shape index (κ2) is 7.73. The quantitative estimate of drug-likeness (QED) is 0.496. The van der Waals surface area contributed by atoms with Gasteiger partial charge in [0.05, 0.1) is 11.1 Å². The van der Waals surface area contributed by atoms with Crippen molar-refractivity contribution in [1.82, 2.24) is 5.16 Å². The largest absolute Gasteiger partial charge is 0.417 e. The first-order chi connectivity index (χ1) is 13.9. The van der Waals surface area contributed by atoms with Crippen molar-refractivity contribution in [3.63, 3.8) is 0 Å². The van der Waals surface area contributed by atoms with Gasteiger partial charge in [-0.25, -0.2) is 4.79 Å². The van der Waals surface area contributed by atoms with Gasteiger partial charge in [-0.15, -0.1) is 0 Å². The molecule has 1 amide bonds. The Balaban J connectivity index is 1.86. The molecular weight excluding hydrogens is 418 g/mol. The monoisotopic (exact) mass is 430 g/mol. The topological polar surface area (TPSA) is 64.4 Å². The van der Waals surface area contributed by atoms with Crippen LogP contribution < -0.4 is 10.1 Å². The number of alkyl halides is 6. The highest BCUT2D eigenvalue weighted by Gasteiger charge is 2.37. The first-order valence-corrected chi connectivity index (χ1v) is 8.24. The van der Waals surface area contributed by atoms with Crippen LogP contribution in [0, 0.1) is 6.92 Å². The third kappa shape index (κ3) is 4.73. The molecule has 0 saturated heterocycles. The molecule has 0 aliphatic rings. The maximum atomic E-state index is 13.3. The van der Waals surface area contributed by atoms with E-state index in [0.717, 1.165) is 18.4 Å². The molecule has 0 saturated carbocycles. The summed E-state index contributed by atoms with van der Waals surface area (Å²) in [6.45, 7) is 1.54. The van der Waals surface area contributed by atoms with E-state index in [1.165, 1.54) is 19.1 Å². The van der Waals surface area contributed by atoms with Gasteiger partial charge in [0, 0.05) is 5.69 Å². The average molecular weight is 430 g/mol. The van der Waals surface area contributed by atoms with Crippen molar-refractivity contribution in [3.05, 3.63) is 65.5 Å². The van der Waals surface area contributed by atoms with Gasteiger partial charge in [-0.05, 0) is 48.4 Å². The van der Waals surface area contributed by atoms with E-state index in [1.54, 1.807) is 0 Å². The van der Waals surface area contributed by atoms with Crippen molar-refractivity contribution in [2.45, 2.75) is 19.3 Å². The molecule has 0 spiro atoms. The predicted octanol–water partition coefficient (Wildman–Crippen LogP) is 6.30. The van der Waals surface area contributed by atoms with E-state index in [1.807, 2.05) is 0 Å². The zero-order valence-electron chi connectivity index (χ0n) is 15.1. The molecule has 5 nitrogen and oxygen atoms in total. The first kappa shape index (κ1) is 21.2. The van der Waals surface area contributed by atoms with E-state index >= 15 is 0 Å². The molecule has 3 aromatic rings. The second-order valence-corrected chi connectivity index (χ2v) is 6.11. The molecule has 1 N–H and O–H groups in total. The van der Waals surface area contributed by atoms with E-state index in [0.29, 0.717) is 23.9 Å². The van der Waals surface area contributed by atoms with Crippen molar-refractivity contribution < 1.29 is 40.4 Å². The molecular formula is C19H12F6N2O3. The molecule has 11 heteroatoms. The van der Waals surface area contributed by atoms with Crippen LogP contribution in [0.25, 0.3) is 11.1 Å². The molecule has 30 heavy (non-hydrogen) atoms. The fraction of sp³-hybridized carbons (Fsp3) is 0.158. The third-order valence-corrected chi connectivity index (χ3v) is 4.00. The normalized spacial score (nSPS) is 12.0. The minimum atomic E-state index is -4.85. The lowest BCUT2D eigenvalue weighted by Crippen LogP contribution is -2.16. The van der Waals surface area contributed by atoms with Gasteiger partial charge in [0.2, 0.25) is 0 Å². The molecule has 0 bridgehead atoms. The fourth-order valence-electron chi connectivity index (χ4n) is 2.56. The van der Waals surface area contributed by atoms with Gasteiger partial charge in [-0.1, -0.05) is 17.3 Å². The molecule has 1 heterocycles. The molecule has 0 aliphatic carbocycles. The number of aromatic nitrogens is 1. The van der Waals surface area contributed by atoms with Crippen molar-refractivity contribution >= 4 is 11.8 Å². The second-order valence-electron chi connectivity index (χ2n) is 6.11. The number of hydrogen-bond acceptors (Lipinski definition) is 4. The summed E-state index contributed by atoms with van der Waals surface area (Å²) in [4.78, 5) is 11.9. The zero-order valence-corrected chi connectivity index (χ0v) is 15.1. The van der Waals surface area contributed by atoms with E-state index in [4.69, 9.17) is 4.74 Å². The van der Waals surface area contributed by atoms with E-state index < -0.39 is 35.1 Å². The first-order valence-electron chi connectivity index (χ1n) is 8.24. The SMILES string of the molecule is Cc1nocc1OC(=O)Nc1ccc(-c2cc(C(F)(F)F)ccc2C(F)(F)F)cc1. The van der Waals surface area contributed by atoms with Crippen LogP contribution in [0.4, 0.5) is 36.8 Å². The number of hydrogen-bond donors (Lipinski definition) is 1. The highest BCUT2D eigenvalue weighted by atomic mass is 19.4. The molecule has 2 aromatic carbocycles. The standard InChI is InChI=1S/C19H12F6N2O3/c1-10-16(9-29-27-10)30-17(28)26-13-5-2-11(3-6-13)14-8-12(18(20,21)22)4-7-15(14)19(23,24)25/h2-9H,1H3,(H,26,28). The van der Waals surface area contributed by atoms with Crippen LogP contribution in [0.1, 0.15) is 16.8 Å². The summed E-state index contributed by atoms with van der Waals surface area (Å²) in [5.41, 5.74) is -2.68. The van der Waals surface area contributed by atoms with Gasteiger partial charge in [0.25, 0.3) is 0 Å². The number of benzene rings is 2.